The average molecular weight is 242 g/mol. The van der Waals surface area contributed by atoms with Gasteiger partial charge in [0.05, 0.1) is 0 Å². The van der Waals surface area contributed by atoms with Crippen molar-refractivity contribution in [3.63, 3.8) is 0 Å². The maximum Gasteiger partial charge on any atom is -0.0228 e. The van der Waals surface area contributed by atoms with Crippen molar-refractivity contribution in [1.29, 1.82) is 0 Å². The molecule has 18 heavy (non-hydrogen) atoms. The first-order valence-electron chi connectivity index (χ1n) is 7.46. The predicted molar refractivity (Wildman–Crippen MR) is 80.5 cm³/mol. The fraction of sp³-hybridized carbons (Fsp3) is 0.556. The quantitative estimate of drug-likeness (QED) is 0.508. The van der Waals surface area contributed by atoms with Crippen LogP contribution in [0.5, 0.6) is 0 Å². The van der Waals surface area contributed by atoms with Crippen LogP contribution in [0.2, 0.25) is 0 Å². The second-order valence-corrected chi connectivity index (χ2v) is 5.90. The average Bonchev–Trinajstić information content (AvgIpc) is 2.83. The van der Waals surface area contributed by atoms with Gasteiger partial charge in [-0.3, -0.25) is 0 Å². The zero-order valence-electron chi connectivity index (χ0n) is 11.7. The highest BCUT2D eigenvalue weighted by Gasteiger charge is 2.31. The van der Waals surface area contributed by atoms with Crippen molar-refractivity contribution in [2.45, 2.75) is 58.3 Å². The summed E-state index contributed by atoms with van der Waals surface area (Å²) in [6.07, 6.45) is 26.7. The molecule has 0 atom stereocenters. The van der Waals surface area contributed by atoms with Gasteiger partial charge in [-0.1, -0.05) is 60.9 Å². The van der Waals surface area contributed by atoms with E-state index < -0.39 is 0 Å². The Balaban J connectivity index is 2.11. The fourth-order valence-electron chi connectivity index (χ4n) is 3.10. The van der Waals surface area contributed by atoms with Crippen molar-refractivity contribution in [1.82, 2.24) is 0 Å². The molecular formula is C18H26. The summed E-state index contributed by atoms with van der Waals surface area (Å²) in [6, 6.07) is 0. The van der Waals surface area contributed by atoms with Crippen molar-refractivity contribution in [3.05, 3.63) is 48.1 Å². The molecule has 0 unspecified atom stereocenters. The lowest BCUT2D eigenvalue weighted by molar-refractivity contribution is 0.304. The van der Waals surface area contributed by atoms with Gasteiger partial charge >= 0.3 is 0 Å². The van der Waals surface area contributed by atoms with E-state index in [9.17, 15) is 0 Å². The zero-order valence-corrected chi connectivity index (χ0v) is 11.7. The van der Waals surface area contributed by atoms with E-state index in [0.29, 0.717) is 5.41 Å². The highest BCUT2D eigenvalue weighted by Crippen LogP contribution is 2.44. The number of hydrogen-bond acceptors (Lipinski definition) is 0. The van der Waals surface area contributed by atoms with Crippen LogP contribution in [0.4, 0.5) is 0 Å². The molecular weight excluding hydrogens is 216 g/mol. The Kier molecular flexibility index (Phi) is 5.04. The molecule has 0 amide bonds. The Morgan fingerprint density at radius 2 is 1.61 bits per heavy atom. The van der Waals surface area contributed by atoms with Crippen LogP contribution < -0.4 is 0 Å². The Hall–Kier alpha value is -1.04. The summed E-state index contributed by atoms with van der Waals surface area (Å²) in [5.41, 5.74) is 2.00. The van der Waals surface area contributed by atoms with Crippen LogP contribution >= 0.6 is 0 Å². The van der Waals surface area contributed by atoms with Crippen molar-refractivity contribution < 1.29 is 0 Å². The lowest BCUT2D eigenvalue weighted by Crippen LogP contribution is -2.14. The van der Waals surface area contributed by atoms with Gasteiger partial charge in [0.2, 0.25) is 0 Å². The van der Waals surface area contributed by atoms with Crippen LogP contribution in [0, 0.1) is 5.41 Å². The Labute approximate surface area is 112 Å². The van der Waals surface area contributed by atoms with Crippen LogP contribution in [-0.2, 0) is 0 Å². The predicted octanol–water partition coefficient (Wildman–Crippen LogP) is 5.74. The molecule has 0 N–H and O–H groups in total. The molecule has 0 aromatic heterocycles. The summed E-state index contributed by atoms with van der Waals surface area (Å²) in [7, 11) is 0. The SMILES string of the molecule is CC1=C/CC2(C/C=C\C=C/CC/C=C\1)CCCC2. The highest BCUT2D eigenvalue weighted by atomic mass is 14.4. The van der Waals surface area contributed by atoms with Crippen molar-refractivity contribution in [3.8, 4) is 0 Å². The van der Waals surface area contributed by atoms with Gasteiger partial charge < -0.3 is 0 Å². The van der Waals surface area contributed by atoms with Gasteiger partial charge in [-0.2, -0.15) is 0 Å². The first-order valence-corrected chi connectivity index (χ1v) is 7.46. The summed E-state index contributed by atoms with van der Waals surface area (Å²) in [4.78, 5) is 0. The summed E-state index contributed by atoms with van der Waals surface area (Å²) >= 11 is 0. The molecule has 0 aromatic rings. The standard InChI is InChI=1S/C18H26/c1-17-11-7-5-3-2-4-6-8-13-18(16-12-17)14-9-10-15-18/h2,4,6-8,11-12H,3,5,9-10,13-16H2,1H3/b4-2-,8-6-,11-7-,17-12-. The largest absolute Gasteiger partial charge is 0.0842 e. The maximum absolute atomic E-state index is 2.46. The Morgan fingerprint density at radius 1 is 0.889 bits per heavy atom. The zero-order chi connectivity index (χ0) is 12.7. The molecule has 1 spiro atoms. The molecule has 2 aliphatic carbocycles. The molecule has 0 aromatic carbocycles. The van der Waals surface area contributed by atoms with E-state index in [1.165, 1.54) is 44.1 Å². The number of hydrogen-bond donors (Lipinski definition) is 0. The summed E-state index contributed by atoms with van der Waals surface area (Å²) < 4.78 is 0. The van der Waals surface area contributed by atoms with E-state index in [0.717, 1.165) is 12.8 Å². The summed E-state index contributed by atoms with van der Waals surface area (Å²) in [5.74, 6) is 0. The minimum Gasteiger partial charge on any atom is -0.0842 e. The van der Waals surface area contributed by atoms with Crippen molar-refractivity contribution in [2.75, 3.05) is 0 Å². The lowest BCUT2D eigenvalue weighted by Gasteiger charge is -2.26. The molecule has 0 heteroatoms. The molecule has 0 heterocycles. The van der Waals surface area contributed by atoms with Gasteiger partial charge in [0.15, 0.2) is 0 Å². The smallest absolute Gasteiger partial charge is 0.0228 e. The van der Waals surface area contributed by atoms with Gasteiger partial charge in [-0.25, -0.2) is 0 Å². The van der Waals surface area contributed by atoms with Gasteiger partial charge in [-0.05, 0) is 50.9 Å². The number of rotatable bonds is 0. The number of allylic oxidation sites excluding steroid dienone is 8. The van der Waals surface area contributed by atoms with Crippen LogP contribution in [0.15, 0.2) is 48.1 Å². The van der Waals surface area contributed by atoms with E-state index in [4.69, 9.17) is 0 Å². The fourth-order valence-corrected chi connectivity index (χ4v) is 3.10. The molecule has 0 nitrogen and oxygen atoms in total. The van der Waals surface area contributed by atoms with Gasteiger partial charge in [0.25, 0.3) is 0 Å². The lowest BCUT2D eigenvalue weighted by atomic mass is 9.79. The van der Waals surface area contributed by atoms with Crippen molar-refractivity contribution in [2.24, 2.45) is 5.41 Å². The Bertz CT molecular complexity index is 359. The van der Waals surface area contributed by atoms with E-state index in [-0.39, 0.29) is 0 Å². The Morgan fingerprint density at radius 3 is 2.44 bits per heavy atom. The van der Waals surface area contributed by atoms with E-state index in [2.05, 4.69) is 49.5 Å². The van der Waals surface area contributed by atoms with E-state index in [1.807, 2.05) is 0 Å². The van der Waals surface area contributed by atoms with Crippen LogP contribution in [-0.4, -0.2) is 0 Å². The van der Waals surface area contributed by atoms with E-state index >= 15 is 0 Å². The monoisotopic (exact) mass is 242 g/mol. The molecule has 0 radical (unpaired) electrons. The highest BCUT2D eigenvalue weighted by molar-refractivity contribution is 5.18. The van der Waals surface area contributed by atoms with Crippen LogP contribution in [0.3, 0.4) is 0 Å². The van der Waals surface area contributed by atoms with Crippen molar-refractivity contribution >= 4 is 0 Å². The second kappa shape index (κ2) is 6.78. The molecule has 1 fully saturated rings. The van der Waals surface area contributed by atoms with Crippen LogP contribution in [0.25, 0.3) is 0 Å². The summed E-state index contributed by atoms with van der Waals surface area (Å²) in [5, 5.41) is 0. The molecule has 0 bridgehead atoms. The van der Waals surface area contributed by atoms with Crippen LogP contribution in [0.1, 0.15) is 58.3 Å². The maximum atomic E-state index is 2.46. The third-order valence-corrected chi connectivity index (χ3v) is 4.34. The van der Waals surface area contributed by atoms with E-state index in [1.54, 1.807) is 0 Å². The first kappa shape index (κ1) is 13.4. The molecule has 1 saturated carbocycles. The topological polar surface area (TPSA) is 0 Å². The third-order valence-electron chi connectivity index (χ3n) is 4.34. The molecule has 0 aliphatic heterocycles. The van der Waals surface area contributed by atoms with Gasteiger partial charge in [0.1, 0.15) is 0 Å². The van der Waals surface area contributed by atoms with Gasteiger partial charge in [-0.15, -0.1) is 0 Å². The minimum absolute atomic E-state index is 0.563. The summed E-state index contributed by atoms with van der Waals surface area (Å²) in [6.45, 7) is 2.24. The first-order chi connectivity index (χ1) is 8.81. The minimum atomic E-state index is 0.563. The normalized spacial score (nSPS) is 32.6. The molecule has 2 aliphatic rings. The molecule has 2 rings (SSSR count). The molecule has 98 valence electrons. The van der Waals surface area contributed by atoms with Gasteiger partial charge in [0, 0.05) is 0 Å². The molecule has 0 saturated heterocycles. The third kappa shape index (κ3) is 4.01. The second-order valence-electron chi connectivity index (χ2n) is 5.90.